The summed E-state index contributed by atoms with van der Waals surface area (Å²) in [4.78, 5) is 1.54. The quantitative estimate of drug-likeness (QED) is 0.892. The molecule has 2 N–H and O–H groups in total. The van der Waals surface area contributed by atoms with Crippen LogP contribution in [0.5, 0.6) is 0 Å². The second-order valence-corrected chi connectivity index (χ2v) is 6.73. The Labute approximate surface area is 123 Å². The molecule has 0 fully saturated rings. The van der Waals surface area contributed by atoms with Crippen molar-refractivity contribution >= 4 is 22.9 Å². The first-order valence-electron chi connectivity index (χ1n) is 6.80. The van der Waals surface area contributed by atoms with Crippen molar-refractivity contribution in [3.63, 3.8) is 0 Å². The molecular weight excluding hydrogens is 274 g/mol. The van der Waals surface area contributed by atoms with E-state index in [1.165, 1.54) is 30.4 Å². The molecule has 1 aliphatic rings. The molecule has 0 spiro atoms. The summed E-state index contributed by atoms with van der Waals surface area (Å²) in [7, 11) is 0. The van der Waals surface area contributed by atoms with Gasteiger partial charge in [0.25, 0.3) is 0 Å². The topological polar surface area (TPSA) is 26.0 Å². The van der Waals surface area contributed by atoms with E-state index < -0.39 is 0 Å². The molecule has 2 unspecified atom stereocenters. The molecule has 100 valence electrons. The summed E-state index contributed by atoms with van der Waals surface area (Å²) in [5.41, 5.74) is 9.24. The molecule has 0 saturated heterocycles. The highest BCUT2D eigenvalue weighted by Gasteiger charge is 2.26. The van der Waals surface area contributed by atoms with Crippen LogP contribution in [0.25, 0.3) is 0 Å². The van der Waals surface area contributed by atoms with E-state index in [1.807, 2.05) is 23.5 Å². The average molecular weight is 292 g/mol. The Bertz CT molecular complexity index is 546. The van der Waals surface area contributed by atoms with Gasteiger partial charge >= 0.3 is 0 Å². The van der Waals surface area contributed by atoms with Crippen LogP contribution in [0.3, 0.4) is 0 Å². The molecule has 3 rings (SSSR count). The van der Waals surface area contributed by atoms with Gasteiger partial charge in [0.2, 0.25) is 0 Å². The molecule has 1 heterocycles. The van der Waals surface area contributed by atoms with Crippen LogP contribution in [0.15, 0.2) is 35.7 Å². The lowest BCUT2D eigenvalue weighted by Crippen LogP contribution is -2.32. The Morgan fingerprint density at radius 1 is 1.26 bits per heavy atom. The molecule has 1 aromatic heterocycles. The van der Waals surface area contributed by atoms with E-state index in [0.717, 1.165) is 11.4 Å². The van der Waals surface area contributed by atoms with Crippen LogP contribution in [0.2, 0.25) is 5.02 Å². The Balaban J connectivity index is 1.75. The summed E-state index contributed by atoms with van der Waals surface area (Å²) in [6.45, 7) is 0. The lowest BCUT2D eigenvalue weighted by molar-refractivity contribution is 0.464. The SMILES string of the molecule is NC(Cc1ccc(Cl)cc1)C1CCCc2sccc21. The number of hydrogen-bond donors (Lipinski definition) is 1. The van der Waals surface area contributed by atoms with Crippen molar-refractivity contribution in [2.45, 2.75) is 37.6 Å². The van der Waals surface area contributed by atoms with Crippen molar-refractivity contribution in [3.8, 4) is 0 Å². The van der Waals surface area contributed by atoms with Gasteiger partial charge in [0, 0.05) is 21.9 Å². The molecule has 1 aromatic carbocycles. The summed E-state index contributed by atoms with van der Waals surface area (Å²) in [5.74, 6) is 0.519. The number of rotatable bonds is 3. The number of nitrogens with two attached hydrogens (primary N) is 1. The van der Waals surface area contributed by atoms with Crippen molar-refractivity contribution in [1.29, 1.82) is 0 Å². The number of hydrogen-bond acceptors (Lipinski definition) is 2. The Morgan fingerprint density at radius 2 is 2.05 bits per heavy atom. The third-order valence-corrected chi connectivity index (χ3v) is 5.25. The van der Waals surface area contributed by atoms with Gasteiger partial charge in [-0.1, -0.05) is 23.7 Å². The first-order chi connectivity index (χ1) is 9.24. The highest BCUT2D eigenvalue weighted by Crippen LogP contribution is 2.37. The Kier molecular flexibility index (Phi) is 3.92. The third-order valence-electron chi connectivity index (χ3n) is 4.00. The maximum atomic E-state index is 6.46. The molecular formula is C16H18ClNS. The minimum Gasteiger partial charge on any atom is -0.327 e. The summed E-state index contributed by atoms with van der Waals surface area (Å²) in [5, 5.41) is 2.99. The minimum absolute atomic E-state index is 0.204. The second kappa shape index (κ2) is 5.66. The minimum atomic E-state index is 0.204. The molecule has 2 atom stereocenters. The van der Waals surface area contributed by atoms with Crippen LogP contribution >= 0.6 is 22.9 Å². The number of aryl methyl sites for hydroxylation is 1. The molecule has 1 aliphatic carbocycles. The van der Waals surface area contributed by atoms with Crippen molar-refractivity contribution in [2.75, 3.05) is 0 Å². The zero-order valence-corrected chi connectivity index (χ0v) is 12.4. The summed E-state index contributed by atoms with van der Waals surface area (Å²) in [6.07, 6.45) is 4.65. The molecule has 0 saturated carbocycles. The first-order valence-corrected chi connectivity index (χ1v) is 8.06. The van der Waals surface area contributed by atoms with Gasteiger partial charge in [-0.15, -0.1) is 11.3 Å². The highest BCUT2D eigenvalue weighted by atomic mass is 35.5. The normalized spacial score (nSPS) is 20.0. The van der Waals surface area contributed by atoms with Crippen LogP contribution in [0.1, 0.15) is 34.8 Å². The third kappa shape index (κ3) is 2.86. The number of benzene rings is 1. The Hall–Kier alpha value is -0.830. The molecule has 3 heteroatoms. The van der Waals surface area contributed by atoms with Gasteiger partial charge in [-0.2, -0.15) is 0 Å². The van der Waals surface area contributed by atoms with E-state index >= 15 is 0 Å². The van der Waals surface area contributed by atoms with Crippen LogP contribution in [-0.2, 0) is 12.8 Å². The predicted octanol–water partition coefficient (Wildman–Crippen LogP) is 4.39. The van der Waals surface area contributed by atoms with Gasteiger partial charge in [0.1, 0.15) is 0 Å². The second-order valence-electron chi connectivity index (χ2n) is 5.29. The molecule has 1 nitrogen and oxygen atoms in total. The van der Waals surface area contributed by atoms with E-state index in [0.29, 0.717) is 5.92 Å². The molecule has 0 aliphatic heterocycles. The van der Waals surface area contributed by atoms with E-state index in [-0.39, 0.29) is 6.04 Å². The monoisotopic (exact) mass is 291 g/mol. The number of halogens is 1. The van der Waals surface area contributed by atoms with Gasteiger partial charge in [-0.05, 0) is 60.4 Å². The lowest BCUT2D eigenvalue weighted by atomic mass is 9.81. The Morgan fingerprint density at radius 3 is 2.84 bits per heavy atom. The molecule has 0 amide bonds. The van der Waals surface area contributed by atoms with Gasteiger partial charge in [0.05, 0.1) is 0 Å². The molecule has 2 aromatic rings. The predicted molar refractivity (Wildman–Crippen MR) is 83.1 cm³/mol. The van der Waals surface area contributed by atoms with Crippen LogP contribution in [0.4, 0.5) is 0 Å². The maximum absolute atomic E-state index is 6.46. The van der Waals surface area contributed by atoms with Crippen molar-refractivity contribution in [3.05, 3.63) is 56.7 Å². The molecule has 19 heavy (non-hydrogen) atoms. The van der Waals surface area contributed by atoms with Gasteiger partial charge in [-0.3, -0.25) is 0 Å². The highest BCUT2D eigenvalue weighted by molar-refractivity contribution is 7.10. The van der Waals surface area contributed by atoms with E-state index in [4.69, 9.17) is 17.3 Å². The summed E-state index contributed by atoms with van der Waals surface area (Å²) < 4.78 is 0. The fraction of sp³-hybridized carbons (Fsp3) is 0.375. The van der Waals surface area contributed by atoms with Gasteiger partial charge in [-0.25, -0.2) is 0 Å². The average Bonchev–Trinajstić information content (AvgIpc) is 2.89. The first kappa shape index (κ1) is 13.2. The fourth-order valence-electron chi connectivity index (χ4n) is 3.00. The van der Waals surface area contributed by atoms with Crippen LogP contribution < -0.4 is 5.73 Å². The van der Waals surface area contributed by atoms with E-state index in [9.17, 15) is 0 Å². The van der Waals surface area contributed by atoms with Crippen molar-refractivity contribution in [1.82, 2.24) is 0 Å². The molecule has 0 bridgehead atoms. The van der Waals surface area contributed by atoms with Crippen LogP contribution in [0, 0.1) is 0 Å². The van der Waals surface area contributed by atoms with Crippen molar-refractivity contribution in [2.24, 2.45) is 5.73 Å². The summed E-state index contributed by atoms with van der Waals surface area (Å²) in [6, 6.07) is 10.5. The number of fused-ring (bicyclic) bond motifs is 1. The largest absolute Gasteiger partial charge is 0.327 e. The lowest BCUT2D eigenvalue weighted by Gasteiger charge is -2.28. The maximum Gasteiger partial charge on any atom is 0.0406 e. The summed E-state index contributed by atoms with van der Waals surface area (Å²) >= 11 is 7.80. The van der Waals surface area contributed by atoms with Crippen molar-refractivity contribution < 1.29 is 0 Å². The fourth-order valence-corrected chi connectivity index (χ4v) is 4.12. The van der Waals surface area contributed by atoms with E-state index in [2.05, 4.69) is 23.6 Å². The standard InChI is InChI=1S/C16H18ClNS/c17-12-6-4-11(5-7-12)10-15(18)13-2-1-3-16-14(13)8-9-19-16/h4-9,13,15H,1-3,10,18H2. The zero-order valence-electron chi connectivity index (χ0n) is 10.8. The van der Waals surface area contributed by atoms with Crippen LogP contribution in [-0.4, -0.2) is 6.04 Å². The molecule has 0 radical (unpaired) electrons. The van der Waals surface area contributed by atoms with Gasteiger partial charge in [0.15, 0.2) is 0 Å². The zero-order chi connectivity index (χ0) is 13.2. The van der Waals surface area contributed by atoms with Gasteiger partial charge < -0.3 is 5.73 Å². The van der Waals surface area contributed by atoms with E-state index in [1.54, 1.807) is 4.88 Å². The number of thiophene rings is 1. The smallest absolute Gasteiger partial charge is 0.0406 e.